The number of fused-ring (bicyclic) bond motifs is 2. The van der Waals surface area contributed by atoms with Gasteiger partial charge in [0.2, 0.25) is 16.0 Å². The molecule has 1 aromatic heterocycles. The van der Waals surface area contributed by atoms with E-state index < -0.39 is 10.0 Å². The van der Waals surface area contributed by atoms with Crippen molar-refractivity contribution in [3.63, 3.8) is 0 Å². The molecule has 0 atom stereocenters. The second-order valence-corrected chi connectivity index (χ2v) is 10.1. The molecule has 2 aliphatic rings. The van der Waals surface area contributed by atoms with E-state index in [0.29, 0.717) is 88.2 Å². The normalized spacial score (nSPS) is 18.6. The summed E-state index contributed by atoms with van der Waals surface area (Å²) in [6.45, 7) is 4.47. The Hall–Kier alpha value is -2.99. The maximum Gasteiger partial charge on any atom is 0.243 e. The molecule has 0 aliphatic carbocycles. The second kappa shape index (κ2) is 10.7. The van der Waals surface area contributed by atoms with E-state index in [0.717, 1.165) is 10.9 Å². The predicted octanol–water partition coefficient (Wildman–Crippen LogP) is 1.95. The van der Waals surface area contributed by atoms with Crippen molar-refractivity contribution in [2.45, 2.75) is 4.90 Å². The molecule has 10 nitrogen and oxygen atoms in total. The van der Waals surface area contributed by atoms with Crippen LogP contribution in [-0.2, 0) is 19.5 Å². The minimum Gasteiger partial charge on any atom is -0.487 e. The first-order valence-electron chi connectivity index (χ1n) is 11.6. The summed E-state index contributed by atoms with van der Waals surface area (Å²) in [4.78, 5) is 11.6. The molecule has 0 spiro atoms. The van der Waals surface area contributed by atoms with Crippen molar-refractivity contribution in [2.75, 3.05) is 70.7 Å². The van der Waals surface area contributed by atoms with Crippen molar-refractivity contribution in [2.24, 2.45) is 0 Å². The van der Waals surface area contributed by atoms with Crippen LogP contribution in [0, 0.1) is 0 Å². The number of benzene rings is 2. The van der Waals surface area contributed by atoms with E-state index in [1.54, 1.807) is 36.5 Å². The Morgan fingerprint density at radius 3 is 2.09 bits per heavy atom. The highest BCUT2D eigenvalue weighted by Gasteiger charge is 2.29. The average molecular weight is 501 g/mol. The highest BCUT2D eigenvalue weighted by Crippen LogP contribution is 2.32. The van der Waals surface area contributed by atoms with E-state index in [1.807, 2.05) is 17.0 Å². The summed E-state index contributed by atoms with van der Waals surface area (Å²) in [5.74, 6) is 1.75. The van der Waals surface area contributed by atoms with Crippen LogP contribution in [0.5, 0.6) is 11.5 Å². The third kappa shape index (κ3) is 5.48. The van der Waals surface area contributed by atoms with Gasteiger partial charge in [-0.15, -0.1) is 0 Å². The number of sulfonamides is 1. The van der Waals surface area contributed by atoms with Crippen molar-refractivity contribution in [3.05, 3.63) is 48.7 Å². The van der Waals surface area contributed by atoms with Gasteiger partial charge in [0.1, 0.15) is 13.2 Å². The second-order valence-electron chi connectivity index (χ2n) is 8.15. The van der Waals surface area contributed by atoms with Crippen LogP contribution in [0.2, 0.25) is 0 Å². The molecule has 1 saturated heterocycles. The first-order valence-corrected chi connectivity index (χ1v) is 13.1. The summed E-state index contributed by atoms with van der Waals surface area (Å²) in [7, 11) is -3.51. The molecule has 35 heavy (non-hydrogen) atoms. The Bertz CT molecular complexity index is 1250. The van der Waals surface area contributed by atoms with Gasteiger partial charge in [0.05, 0.1) is 36.8 Å². The molecule has 0 N–H and O–H groups in total. The van der Waals surface area contributed by atoms with E-state index >= 15 is 0 Å². The molecular weight excluding hydrogens is 472 g/mol. The maximum atomic E-state index is 12.9. The van der Waals surface area contributed by atoms with Crippen LogP contribution in [0.25, 0.3) is 10.9 Å². The Balaban J connectivity index is 1.32. The minimum absolute atomic E-state index is 0.309. The van der Waals surface area contributed by atoms with Crippen LogP contribution in [0.4, 0.5) is 5.95 Å². The third-order valence-corrected chi connectivity index (χ3v) is 7.79. The Morgan fingerprint density at radius 2 is 1.40 bits per heavy atom. The van der Waals surface area contributed by atoms with E-state index in [2.05, 4.69) is 4.98 Å². The third-order valence-electron chi connectivity index (χ3n) is 5.88. The zero-order valence-corrected chi connectivity index (χ0v) is 20.2. The van der Waals surface area contributed by atoms with E-state index in [9.17, 15) is 8.42 Å². The van der Waals surface area contributed by atoms with Gasteiger partial charge in [0, 0.05) is 43.8 Å². The highest BCUT2D eigenvalue weighted by atomic mass is 32.2. The van der Waals surface area contributed by atoms with Gasteiger partial charge < -0.3 is 23.8 Å². The lowest BCUT2D eigenvalue weighted by Gasteiger charge is -2.34. The number of rotatable bonds is 3. The predicted molar refractivity (Wildman–Crippen MR) is 130 cm³/mol. The molecule has 0 saturated carbocycles. The molecule has 186 valence electrons. The van der Waals surface area contributed by atoms with Gasteiger partial charge in [-0.25, -0.2) is 18.4 Å². The summed E-state index contributed by atoms with van der Waals surface area (Å²) in [6.07, 6.45) is 1.75. The van der Waals surface area contributed by atoms with Gasteiger partial charge in [0.25, 0.3) is 0 Å². The fraction of sp³-hybridized carbons (Fsp3) is 0.417. The quantitative estimate of drug-likeness (QED) is 0.534. The molecule has 0 bridgehead atoms. The van der Waals surface area contributed by atoms with Crippen LogP contribution in [-0.4, -0.2) is 88.5 Å². The Labute approximate surface area is 204 Å². The van der Waals surface area contributed by atoms with Crippen molar-refractivity contribution in [1.29, 1.82) is 0 Å². The lowest BCUT2D eigenvalue weighted by molar-refractivity contribution is 0.0224. The van der Waals surface area contributed by atoms with E-state index in [-0.39, 0.29) is 0 Å². The van der Waals surface area contributed by atoms with Gasteiger partial charge in [-0.2, -0.15) is 4.31 Å². The fourth-order valence-corrected chi connectivity index (χ4v) is 5.46. The average Bonchev–Trinajstić information content (AvgIpc) is 2.89. The number of nitrogens with zero attached hydrogens (tertiary/aromatic N) is 4. The number of ether oxygens (including phenoxy) is 4. The molecule has 11 heteroatoms. The lowest BCUT2D eigenvalue weighted by Crippen LogP contribution is -2.49. The number of aromatic nitrogens is 2. The number of hydrogen-bond acceptors (Lipinski definition) is 9. The Morgan fingerprint density at radius 1 is 0.771 bits per heavy atom. The topological polar surface area (TPSA) is 103 Å². The van der Waals surface area contributed by atoms with Crippen molar-refractivity contribution < 1.29 is 27.4 Å². The first-order chi connectivity index (χ1) is 17.1. The summed E-state index contributed by atoms with van der Waals surface area (Å²) < 4.78 is 50.1. The summed E-state index contributed by atoms with van der Waals surface area (Å²) in [5, 5.41) is 0.825. The molecule has 5 rings (SSSR count). The standard InChI is InChI=1S/C24H28N4O6S/c29-35(30,20-4-2-1-3-5-20)28-8-6-27(7-9-28)24-25-18-19-16-22-23(17-21(19)26-24)34-15-13-32-11-10-31-12-14-33-22/h1-5,16-18H,6-15H2. The molecule has 0 amide bonds. The van der Waals surface area contributed by atoms with Gasteiger partial charge >= 0.3 is 0 Å². The zero-order valence-electron chi connectivity index (χ0n) is 19.3. The molecule has 0 unspecified atom stereocenters. The van der Waals surface area contributed by atoms with Crippen LogP contribution in [0.1, 0.15) is 0 Å². The highest BCUT2D eigenvalue weighted by molar-refractivity contribution is 7.89. The molecule has 3 aromatic rings. The summed E-state index contributed by atoms with van der Waals surface area (Å²) >= 11 is 0. The van der Waals surface area contributed by atoms with Crippen molar-refractivity contribution >= 4 is 26.9 Å². The molecule has 1 fully saturated rings. The van der Waals surface area contributed by atoms with Crippen molar-refractivity contribution in [1.82, 2.24) is 14.3 Å². The summed E-state index contributed by atoms with van der Waals surface area (Å²) in [5.41, 5.74) is 0.723. The van der Waals surface area contributed by atoms with Crippen LogP contribution < -0.4 is 14.4 Å². The first kappa shape index (κ1) is 23.7. The molecule has 2 aromatic carbocycles. The van der Waals surface area contributed by atoms with Gasteiger partial charge in [-0.1, -0.05) is 18.2 Å². The smallest absolute Gasteiger partial charge is 0.243 e. The fourth-order valence-electron chi connectivity index (χ4n) is 4.02. The largest absolute Gasteiger partial charge is 0.487 e. The lowest BCUT2D eigenvalue weighted by atomic mass is 10.2. The van der Waals surface area contributed by atoms with Crippen molar-refractivity contribution in [3.8, 4) is 11.5 Å². The monoisotopic (exact) mass is 500 g/mol. The number of hydrogen-bond donors (Lipinski definition) is 0. The minimum atomic E-state index is -3.51. The van der Waals surface area contributed by atoms with Crippen LogP contribution in [0.15, 0.2) is 53.6 Å². The van der Waals surface area contributed by atoms with E-state index in [4.69, 9.17) is 23.9 Å². The summed E-state index contributed by atoms with van der Waals surface area (Å²) in [6, 6.07) is 12.2. The molecule has 0 radical (unpaired) electrons. The number of anilines is 1. The van der Waals surface area contributed by atoms with Gasteiger partial charge in [-0.3, -0.25) is 0 Å². The molecule has 2 aliphatic heterocycles. The van der Waals surface area contributed by atoms with Crippen LogP contribution in [0.3, 0.4) is 0 Å². The van der Waals surface area contributed by atoms with Crippen LogP contribution >= 0.6 is 0 Å². The number of piperazine rings is 1. The molecule has 3 heterocycles. The zero-order chi connectivity index (χ0) is 24.1. The van der Waals surface area contributed by atoms with Gasteiger partial charge in [-0.05, 0) is 18.2 Å². The SMILES string of the molecule is O=S(=O)(c1ccccc1)N1CCN(c2ncc3cc4c(cc3n2)OCCOCCOCCO4)CC1. The molecular formula is C24H28N4O6S. The Kier molecular flexibility index (Phi) is 7.28. The van der Waals surface area contributed by atoms with E-state index in [1.165, 1.54) is 4.31 Å². The maximum absolute atomic E-state index is 12.9. The van der Waals surface area contributed by atoms with Gasteiger partial charge in [0.15, 0.2) is 11.5 Å².